The van der Waals surface area contributed by atoms with Crippen LogP contribution in [0.2, 0.25) is 0 Å². The molecule has 0 saturated heterocycles. The predicted molar refractivity (Wildman–Crippen MR) is 97.4 cm³/mol. The molecular formula is C20H22N2O4. The summed E-state index contributed by atoms with van der Waals surface area (Å²) < 4.78 is 10.1. The molecule has 2 rings (SSSR count). The van der Waals surface area contributed by atoms with Crippen LogP contribution in [0.1, 0.15) is 26.3 Å². The van der Waals surface area contributed by atoms with Gasteiger partial charge in [-0.05, 0) is 37.1 Å². The van der Waals surface area contributed by atoms with Crippen molar-refractivity contribution in [3.63, 3.8) is 0 Å². The second kappa shape index (κ2) is 8.34. The van der Waals surface area contributed by atoms with E-state index < -0.39 is 23.7 Å². The summed E-state index contributed by atoms with van der Waals surface area (Å²) in [5, 5.41) is 13.3. The normalized spacial score (nSPS) is 12.1. The summed E-state index contributed by atoms with van der Waals surface area (Å²) in [6, 6.07) is 14.5. The minimum Gasteiger partial charge on any atom is -0.449 e. The number of hydrogen-bond donors (Lipinski definition) is 1. The fraction of sp³-hybridized carbons (Fsp3) is 0.350. The number of esters is 1. The lowest BCUT2D eigenvalue weighted by molar-refractivity contribution is -0.144. The molecule has 0 unspecified atom stereocenters. The van der Waals surface area contributed by atoms with E-state index in [0.29, 0.717) is 0 Å². The number of benzene rings is 2. The number of ether oxygens (including phenoxy) is 2. The first kappa shape index (κ1) is 19.3. The molecule has 2 aromatic carbocycles. The highest BCUT2D eigenvalue weighted by Crippen LogP contribution is 2.17. The molecular weight excluding hydrogens is 332 g/mol. The van der Waals surface area contributed by atoms with E-state index in [0.717, 1.165) is 16.3 Å². The average molecular weight is 354 g/mol. The number of nitriles is 1. The number of nitrogens with zero attached hydrogens (tertiary/aromatic N) is 1. The lowest BCUT2D eigenvalue weighted by Crippen LogP contribution is -2.45. The summed E-state index contributed by atoms with van der Waals surface area (Å²) in [5.41, 5.74) is 0.174. The molecule has 0 aliphatic rings. The van der Waals surface area contributed by atoms with Gasteiger partial charge in [-0.15, -0.1) is 0 Å². The molecule has 1 N–H and O–H groups in total. The van der Waals surface area contributed by atoms with Crippen molar-refractivity contribution in [2.45, 2.75) is 38.8 Å². The number of carbonyl (C=O) groups excluding carboxylic acids is 2. The van der Waals surface area contributed by atoms with Crippen molar-refractivity contribution in [1.82, 2.24) is 5.32 Å². The minimum absolute atomic E-state index is 0.230. The number of nitrogens with one attached hydrogen (secondary N) is 1. The van der Waals surface area contributed by atoms with Crippen LogP contribution in [0.15, 0.2) is 42.5 Å². The fourth-order valence-electron chi connectivity index (χ4n) is 2.45. The maximum Gasteiger partial charge on any atom is 0.408 e. The third-order valence-electron chi connectivity index (χ3n) is 3.51. The molecule has 0 fully saturated rings. The number of hydrogen-bond acceptors (Lipinski definition) is 5. The van der Waals surface area contributed by atoms with Crippen molar-refractivity contribution >= 4 is 22.8 Å². The quantitative estimate of drug-likeness (QED) is 0.832. The van der Waals surface area contributed by atoms with Crippen molar-refractivity contribution < 1.29 is 19.1 Å². The van der Waals surface area contributed by atoms with Gasteiger partial charge in [-0.25, -0.2) is 9.59 Å². The molecule has 26 heavy (non-hydrogen) atoms. The van der Waals surface area contributed by atoms with E-state index >= 15 is 0 Å². The average Bonchev–Trinajstić information content (AvgIpc) is 2.57. The Morgan fingerprint density at radius 3 is 2.50 bits per heavy atom. The number of fused-ring (bicyclic) bond motifs is 1. The molecule has 136 valence electrons. The van der Waals surface area contributed by atoms with Crippen molar-refractivity contribution in [2.75, 3.05) is 6.61 Å². The number of carbonyl (C=O) groups is 2. The first-order chi connectivity index (χ1) is 12.3. The molecule has 0 radical (unpaired) electrons. The Morgan fingerprint density at radius 1 is 1.15 bits per heavy atom. The zero-order valence-corrected chi connectivity index (χ0v) is 15.1. The van der Waals surface area contributed by atoms with Crippen LogP contribution in [-0.2, 0) is 20.7 Å². The Kier molecular flexibility index (Phi) is 6.18. The van der Waals surface area contributed by atoms with Crippen LogP contribution in [0.3, 0.4) is 0 Å². The second-order valence-corrected chi connectivity index (χ2v) is 6.85. The lowest BCUT2D eigenvalue weighted by Gasteiger charge is -2.23. The monoisotopic (exact) mass is 354 g/mol. The van der Waals surface area contributed by atoms with E-state index in [-0.39, 0.29) is 13.0 Å². The molecule has 2 aromatic rings. The highest BCUT2D eigenvalue weighted by atomic mass is 16.6. The summed E-state index contributed by atoms with van der Waals surface area (Å²) in [6.07, 6.45) is -0.480. The van der Waals surface area contributed by atoms with Gasteiger partial charge in [0.1, 0.15) is 17.7 Å². The first-order valence-electron chi connectivity index (χ1n) is 8.29. The third-order valence-corrected chi connectivity index (χ3v) is 3.51. The van der Waals surface area contributed by atoms with E-state index in [1.165, 1.54) is 0 Å². The van der Waals surface area contributed by atoms with E-state index in [1.807, 2.05) is 42.5 Å². The van der Waals surface area contributed by atoms with E-state index in [2.05, 4.69) is 5.32 Å². The Labute approximate surface area is 152 Å². The molecule has 0 heterocycles. The van der Waals surface area contributed by atoms with Gasteiger partial charge in [0.05, 0.1) is 0 Å². The van der Waals surface area contributed by atoms with E-state index in [9.17, 15) is 9.59 Å². The van der Waals surface area contributed by atoms with Gasteiger partial charge in [-0.3, -0.25) is 0 Å². The van der Waals surface area contributed by atoms with Crippen molar-refractivity contribution in [1.29, 1.82) is 5.26 Å². The molecule has 0 aliphatic carbocycles. The van der Waals surface area contributed by atoms with Gasteiger partial charge in [-0.2, -0.15) is 5.26 Å². The summed E-state index contributed by atoms with van der Waals surface area (Å²) in [4.78, 5) is 24.3. The maximum atomic E-state index is 12.2. The smallest absolute Gasteiger partial charge is 0.408 e. The summed E-state index contributed by atoms with van der Waals surface area (Å²) in [5.74, 6) is -0.675. The van der Waals surface area contributed by atoms with Crippen LogP contribution < -0.4 is 5.32 Å². The molecule has 0 spiro atoms. The Bertz CT molecular complexity index is 834. The van der Waals surface area contributed by atoms with Gasteiger partial charge in [0, 0.05) is 6.42 Å². The van der Waals surface area contributed by atoms with Gasteiger partial charge in [-0.1, -0.05) is 42.5 Å². The van der Waals surface area contributed by atoms with Gasteiger partial charge in [0.15, 0.2) is 6.61 Å². The van der Waals surface area contributed by atoms with E-state index in [4.69, 9.17) is 14.7 Å². The number of rotatable bonds is 5. The molecule has 0 bridgehead atoms. The van der Waals surface area contributed by atoms with Gasteiger partial charge in [0.25, 0.3) is 0 Å². The van der Waals surface area contributed by atoms with E-state index in [1.54, 1.807) is 26.8 Å². The van der Waals surface area contributed by atoms with Crippen LogP contribution >= 0.6 is 0 Å². The van der Waals surface area contributed by atoms with Crippen molar-refractivity contribution in [3.8, 4) is 6.07 Å². The van der Waals surface area contributed by atoms with Crippen LogP contribution in [-0.4, -0.2) is 30.3 Å². The van der Waals surface area contributed by atoms with Crippen LogP contribution in [0, 0.1) is 11.3 Å². The van der Waals surface area contributed by atoms with Gasteiger partial charge in [0.2, 0.25) is 0 Å². The topological polar surface area (TPSA) is 88.4 Å². The number of alkyl carbamates (subject to hydrolysis) is 1. The lowest BCUT2D eigenvalue weighted by atomic mass is 10.0. The van der Waals surface area contributed by atoms with Crippen LogP contribution in [0.5, 0.6) is 0 Å². The highest BCUT2D eigenvalue weighted by molar-refractivity contribution is 5.84. The molecule has 0 saturated carbocycles. The molecule has 1 atom stereocenters. The molecule has 0 aliphatic heterocycles. The first-order valence-corrected chi connectivity index (χ1v) is 8.29. The Balaban J connectivity index is 2.17. The number of amides is 1. The Morgan fingerprint density at radius 2 is 1.85 bits per heavy atom. The molecule has 1 amide bonds. The third kappa shape index (κ3) is 5.78. The molecule has 0 aromatic heterocycles. The van der Waals surface area contributed by atoms with Crippen LogP contribution in [0.25, 0.3) is 10.8 Å². The zero-order valence-electron chi connectivity index (χ0n) is 15.1. The maximum absolute atomic E-state index is 12.2. The standard InChI is InChI=1S/C20H22N2O4/c1-20(2,3)26-19(24)22-17(18(23)25-11-10-21)13-14-8-9-15-6-4-5-7-16(15)12-14/h4-9,12,17H,11,13H2,1-3H3,(H,22,24)/t17-/m0/s1. The molecule has 6 nitrogen and oxygen atoms in total. The largest absolute Gasteiger partial charge is 0.449 e. The predicted octanol–water partition coefficient (Wildman–Crippen LogP) is 3.34. The van der Waals surface area contributed by atoms with Gasteiger partial charge >= 0.3 is 12.1 Å². The minimum atomic E-state index is -0.945. The van der Waals surface area contributed by atoms with Crippen molar-refractivity contribution in [3.05, 3.63) is 48.0 Å². The second-order valence-electron chi connectivity index (χ2n) is 6.85. The SMILES string of the molecule is CC(C)(C)OC(=O)N[C@@H](Cc1ccc2ccccc2c1)C(=O)OCC#N. The molecule has 6 heteroatoms. The zero-order chi connectivity index (χ0) is 19.2. The highest BCUT2D eigenvalue weighted by Gasteiger charge is 2.26. The summed E-state index contributed by atoms with van der Waals surface area (Å²) in [6.45, 7) is 4.83. The Hall–Kier alpha value is -3.07. The van der Waals surface area contributed by atoms with Gasteiger partial charge < -0.3 is 14.8 Å². The van der Waals surface area contributed by atoms with Crippen molar-refractivity contribution in [2.24, 2.45) is 0 Å². The summed E-state index contributed by atoms with van der Waals surface area (Å²) >= 11 is 0. The fourth-order valence-corrected chi connectivity index (χ4v) is 2.45. The van der Waals surface area contributed by atoms with Crippen LogP contribution in [0.4, 0.5) is 4.79 Å². The summed E-state index contributed by atoms with van der Waals surface area (Å²) in [7, 11) is 0.